The molecule has 0 spiro atoms. The van der Waals surface area contributed by atoms with Gasteiger partial charge in [-0.2, -0.15) is 0 Å². The van der Waals surface area contributed by atoms with E-state index in [2.05, 4.69) is 4.90 Å². The van der Waals surface area contributed by atoms with Gasteiger partial charge in [-0.25, -0.2) is 0 Å². The van der Waals surface area contributed by atoms with Gasteiger partial charge >= 0.3 is 0 Å². The van der Waals surface area contributed by atoms with Crippen LogP contribution < -0.4 is 0 Å². The van der Waals surface area contributed by atoms with E-state index in [0.29, 0.717) is 36.8 Å². The lowest BCUT2D eigenvalue weighted by Gasteiger charge is -2.35. The normalized spacial score (nSPS) is 22.7. The van der Waals surface area contributed by atoms with Gasteiger partial charge in [0.2, 0.25) is 11.8 Å². The molecule has 1 atom stereocenters. The van der Waals surface area contributed by atoms with Crippen LogP contribution in [0.3, 0.4) is 0 Å². The molecular formula is C24H33ClN4O3. The van der Waals surface area contributed by atoms with E-state index >= 15 is 0 Å². The van der Waals surface area contributed by atoms with Crippen LogP contribution in [0.4, 0.5) is 0 Å². The fraction of sp³-hybridized carbons (Fsp3) is 0.625. The molecule has 3 aliphatic heterocycles. The van der Waals surface area contributed by atoms with Crippen molar-refractivity contribution in [2.45, 2.75) is 32.1 Å². The van der Waals surface area contributed by atoms with Crippen LogP contribution in [0.5, 0.6) is 0 Å². The van der Waals surface area contributed by atoms with Gasteiger partial charge in [0.15, 0.2) is 0 Å². The number of nitrogens with zero attached hydrogens (tertiary/aromatic N) is 4. The van der Waals surface area contributed by atoms with E-state index in [1.807, 2.05) is 9.80 Å². The van der Waals surface area contributed by atoms with E-state index < -0.39 is 0 Å². The Morgan fingerprint density at radius 2 is 1.47 bits per heavy atom. The van der Waals surface area contributed by atoms with E-state index in [4.69, 9.17) is 11.6 Å². The lowest BCUT2D eigenvalue weighted by Crippen LogP contribution is -2.47. The van der Waals surface area contributed by atoms with Gasteiger partial charge in [0.1, 0.15) is 0 Å². The summed E-state index contributed by atoms with van der Waals surface area (Å²) in [5.41, 5.74) is 0.607. The number of likely N-dealkylation sites (tertiary alicyclic amines) is 2. The van der Waals surface area contributed by atoms with Gasteiger partial charge < -0.3 is 14.7 Å². The number of carbonyl (C=O) groups excluding carboxylic acids is 3. The number of piperidine rings is 1. The highest BCUT2D eigenvalue weighted by Gasteiger charge is 2.32. The number of rotatable bonds is 4. The topological polar surface area (TPSA) is 64.2 Å². The van der Waals surface area contributed by atoms with Gasteiger partial charge in [-0.3, -0.25) is 19.3 Å². The molecule has 3 saturated heterocycles. The van der Waals surface area contributed by atoms with Crippen molar-refractivity contribution in [3.8, 4) is 0 Å². The molecule has 0 saturated carbocycles. The third-order valence-electron chi connectivity index (χ3n) is 6.87. The number of benzene rings is 1. The standard InChI is InChI=1S/C24H33ClN4O3/c25-21-8-6-19(7-9-21)23(31)29-13-3-5-20(17-29)24(32)28-14-4-10-26(15-16-28)18-22(30)27-11-1-2-12-27/h6-9,20H,1-5,10-18H2. The molecule has 3 aliphatic rings. The highest BCUT2D eigenvalue weighted by molar-refractivity contribution is 6.30. The van der Waals surface area contributed by atoms with Crippen LogP contribution >= 0.6 is 11.6 Å². The number of carbonyl (C=O) groups is 3. The molecule has 7 nitrogen and oxygen atoms in total. The van der Waals surface area contributed by atoms with E-state index in [9.17, 15) is 14.4 Å². The molecule has 8 heteroatoms. The minimum atomic E-state index is -0.155. The third-order valence-corrected chi connectivity index (χ3v) is 7.12. The summed E-state index contributed by atoms with van der Waals surface area (Å²) in [6, 6.07) is 6.92. The Labute approximate surface area is 195 Å². The second-order valence-corrected chi connectivity index (χ2v) is 9.58. The molecule has 3 heterocycles. The quantitative estimate of drug-likeness (QED) is 0.691. The maximum absolute atomic E-state index is 13.3. The Balaban J connectivity index is 1.30. The van der Waals surface area contributed by atoms with Crippen molar-refractivity contribution in [1.29, 1.82) is 0 Å². The van der Waals surface area contributed by atoms with Crippen LogP contribution in [0.15, 0.2) is 24.3 Å². The minimum absolute atomic E-state index is 0.0402. The fourth-order valence-corrected chi connectivity index (χ4v) is 5.13. The zero-order valence-corrected chi connectivity index (χ0v) is 19.4. The van der Waals surface area contributed by atoms with Gasteiger partial charge in [0.25, 0.3) is 5.91 Å². The lowest BCUT2D eigenvalue weighted by molar-refractivity contribution is -0.136. The van der Waals surface area contributed by atoms with Crippen LogP contribution in [0.25, 0.3) is 0 Å². The van der Waals surface area contributed by atoms with Gasteiger partial charge in [0.05, 0.1) is 12.5 Å². The van der Waals surface area contributed by atoms with E-state index in [0.717, 1.165) is 64.8 Å². The molecule has 1 unspecified atom stereocenters. The maximum atomic E-state index is 13.3. The summed E-state index contributed by atoms with van der Waals surface area (Å²) in [7, 11) is 0. The van der Waals surface area contributed by atoms with Crippen molar-refractivity contribution in [1.82, 2.24) is 19.6 Å². The molecule has 0 radical (unpaired) electrons. The highest BCUT2D eigenvalue weighted by atomic mass is 35.5. The number of halogens is 1. The molecule has 4 rings (SSSR count). The molecule has 3 fully saturated rings. The van der Waals surface area contributed by atoms with Crippen molar-refractivity contribution < 1.29 is 14.4 Å². The van der Waals surface area contributed by atoms with E-state index in [1.54, 1.807) is 29.2 Å². The van der Waals surface area contributed by atoms with E-state index in [1.165, 1.54) is 0 Å². The first-order valence-electron chi connectivity index (χ1n) is 11.8. The molecule has 174 valence electrons. The number of amides is 3. The summed E-state index contributed by atoms with van der Waals surface area (Å²) in [4.78, 5) is 46.5. The molecule has 1 aromatic carbocycles. The zero-order valence-electron chi connectivity index (χ0n) is 18.7. The fourth-order valence-electron chi connectivity index (χ4n) is 5.00. The minimum Gasteiger partial charge on any atom is -0.342 e. The maximum Gasteiger partial charge on any atom is 0.253 e. The van der Waals surface area contributed by atoms with Crippen molar-refractivity contribution in [3.05, 3.63) is 34.9 Å². The van der Waals surface area contributed by atoms with Gasteiger partial charge in [-0.1, -0.05) is 11.6 Å². The van der Waals surface area contributed by atoms with Gasteiger partial charge in [0, 0.05) is 62.9 Å². The Hall–Kier alpha value is -2.12. The van der Waals surface area contributed by atoms with Gasteiger partial charge in [-0.15, -0.1) is 0 Å². The van der Waals surface area contributed by atoms with Crippen molar-refractivity contribution in [2.75, 3.05) is 58.9 Å². The molecule has 0 bridgehead atoms. The van der Waals surface area contributed by atoms with Crippen molar-refractivity contribution >= 4 is 29.3 Å². The predicted molar refractivity (Wildman–Crippen MR) is 124 cm³/mol. The van der Waals surface area contributed by atoms with E-state index in [-0.39, 0.29) is 23.6 Å². The van der Waals surface area contributed by atoms with Crippen molar-refractivity contribution in [2.24, 2.45) is 5.92 Å². The van der Waals surface area contributed by atoms with Crippen LogP contribution in [0.1, 0.15) is 42.5 Å². The summed E-state index contributed by atoms with van der Waals surface area (Å²) < 4.78 is 0. The first-order valence-corrected chi connectivity index (χ1v) is 12.2. The Kier molecular flexibility index (Phi) is 7.68. The lowest BCUT2D eigenvalue weighted by atomic mass is 9.95. The first kappa shape index (κ1) is 23.1. The first-order chi connectivity index (χ1) is 15.5. The summed E-state index contributed by atoms with van der Waals surface area (Å²) in [6.07, 6.45) is 4.73. The smallest absolute Gasteiger partial charge is 0.253 e. The summed E-state index contributed by atoms with van der Waals surface area (Å²) in [5, 5.41) is 0.602. The van der Waals surface area contributed by atoms with Crippen LogP contribution in [-0.4, -0.2) is 96.2 Å². The third kappa shape index (κ3) is 5.62. The van der Waals surface area contributed by atoms with Crippen LogP contribution in [0, 0.1) is 5.92 Å². The second-order valence-electron chi connectivity index (χ2n) is 9.14. The van der Waals surface area contributed by atoms with Crippen molar-refractivity contribution in [3.63, 3.8) is 0 Å². The molecule has 32 heavy (non-hydrogen) atoms. The molecular weight excluding hydrogens is 428 g/mol. The summed E-state index contributed by atoms with van der Waals surface area (Å²) >= 11 is 5.94. The zero-order chi connectivity index (χ0) is 22.5. The summed E-state index contributed by atoms with van der Waals surface area (Å²) in [6.45, 7) is 6.29. The second kappa shape index (κ2) is 10.7. The predicted octanol–water partition coefficient (Wildman–Crippen LogP) is 2.35. The Morgan fingerprint density at radius 3 is 2.22 bits per heavy atom. The van der Waals surface area contributed by atoms with Crippen LogP contribution in [-0.2, 0) is 9.59 Å². The number of hydrogen-bond donors (Lipinski definition) is 0. The number of hydrogen-bond acceptors (Lipinski definition) is 4. The largest absolute Gasteiger partial charge is 0.342 e. The highest BCUT2D eigenvalue weighted by Crippen LogP contribution is 2.22. The molecule has 1 aromatic rings. The monoisotopic (exact) mass is 460 g/mol. The Bertz CT molecular complexity index is 825. The molecule has 3 amide bonds. The van der Waals surface area contributed by atoms with Crippen LogP contribution in [0.2, 0.25) is 5.02 Å². The average molecular weight is 461 g/mol. The van der Waals surface area contributed by atoms with Gasteiger partial charge in [-0.05, 0) is 56.4 Å². The molecule has 0 N–H and O–H groups in total. The summed E-state index contributed by atoms with van der Waals surface area (Å²) in [5.74, 6) is 0.164. The molecule has 0 aromatic heterocycles. The Morgan fingerprint density at radius 1 is 0.781 bits per heavy atom. The average Bonchev–Trinajstić information content (AvgIpc) is 3.26. The SMILES string of the molecule is O=C(CN1CCCN(C(=O)C2CCCN(C(=O)c3ccc(Cl)cc3)C2)CC1)N1CCCC1. The molecule has 0 aliphatic carbocycles.